The number of urea groups is 1. The van der Waals surface area contributed by atoms with E-state index in [0.717, 1.165) is 0 Å². The standard InChI is InChI=1S/C18H23N3O7/c22-13-4-5-14(23)12(11-13)3-1-2-9-19-18(27)20-10-8-17(26)28-21-15(24)6-7-16(21)25/h4-5,12H,1-3,6-11H2,(H2,19,20,27). The molecule has 1 heterocycles. The number of carbonyl (C=O) groups is 6. The molecule has 10 nitrogen and oxygen atoms in total. The molecule has 0 spiro atoms. The van der Waals surface area contributed by atoms with Gasteiger partial charge in [0.25, 0.3) is 11.8 Å². The van der Waals surface area contributed by atoms with E-state index in [1.807, 2.05) is 0 Å². The second-order valence-corrected chi connectivity index (χ2v) is 6.58. The van der Waals surface area contributed by atoms with Crippen LogP contribution in [-0.2, 0) is 28.8 Å². The van der Waals surface area contributed by atoms with Gasteiger partial charge in [0.2, 0.25) is 0 Å². The summed E-state index contributed by atoms with van der Waals surface area (Å²) in [5, 5.41) is 5.54. The second-order valence-electron chi connectivity index (χ2n) is 6.58. The van der Waals surface area contributed by atoms with E-state index in [9.17, 15) is 28.8 Å². The molecule has 0 aromatic carbocycles. The maximum Gasteiger partial charge on any atom is 0.334 e. The van der Waals surface area contributed by atoms with Gasteiger partial charge >= 0.3 is 12.0 Å². The highest BCUT2D eigenvalue weighted by Gasteiger charge is 2.32. The Kier molecular flexibility index (Phi) is 7.85. The predicted molar refractivity (Wildman–Crippen MR) is 94.3 cm³/mol. The van der Waals surface area contributed by atoms with Crippen LogP contribution in [0.2, 0.25) is 0 Å². The monoisotopic (exact) mass is 393 g/mol. The molecule has 0 aromatic rings. The third kappa shape index (κ3) is 6.60. The van der Waals surface area contributed by atoms with Crippen molar-refractivity contribution in [1.29, 1.82) is 0 Å². The van der Waals surface area contributed by atoms with Crippen LogP contribution in [-0.4, -0.2) is 53.5 Å². The lowest BCUT2D eigenvalue weighted by molar-refractivity contribution is -0.197. The van der Waals surface area contributed by atoms with Gasteiger partial charge in [-0.1, -0.05) is 6.42 Å². The topological polar surface area (TPSA) is 139 Å². The van der Waals surface area contributed by atoms with Gasteiger partial charge in [0.1, 0.15) is 0 Å². The summed E-state index contributed by atoms with van der Waals surface area (Å²) in [6.07, 6.45) is 4.67. The van der Waals surface area contributed by atoms with Gasteiger partial charge in [-0.05, 0) is 25.0 Å². The van der Waals surface area contributed by atoms with Crippen molar-refractivity contribution >= 4 is 35.4 Å². The highest BCUT2D eigenvalue weighted by atomic mass is 16.7. The fraction of sp³-hybridized carbons (Fsp3) is 0.556. The molecule has 1 fully saturated rings. The zero-order valence-corrected chi connectivity index (χ0v) is 15.4. The van der Waals surface area contributed by atoms with Gasteiger partial charge in [0.05, 0.1) is 6.42 Å². The number of hydrogen-bond donors (Lipinski definition) is 2. The Labute approximate surface area is 161 Å². The Morgan fingerprint density at radius 2 is 1.68 bits per heavy atom. The molecule has 2 aliphatic rings. The number of hydrogen-bond acceptors (Lipinski definition) is 7. The molecule has 28 heavy (non-hydrogen) atoms. The zero-order chi connectivity index (χ0) is 20.5. The molecule has 4 amide bonds. The Bertz CT molecular complexity index is 685. The number of hydroxylamine groups is 2. The molecule has 1 unspecified atom stereocenters. The summed E-state index contributed by atoms with van der Waals surface area (Å²) in [7, 11) is 0. The van der Waals surface area contributed by atoms with Crippen LogP contribution >= 0.6 is 0 Å². The molecule has 152 valence electrons. The molecule has 2 rings (SSSR count). The van der Waals surface area contributed by atoms with Gasteiger partial charge in [0, 0.05) is 38.3 Å². The van der Waals surface area contributed by atoms with Crippen molar-refractivity contribution in [1.82, 2.24) is 15.7 Å². The van der Waals surface area contributed by atoms with E-state index in [4.69, 9.17) is 0 Å². The summed E-state index contributed by atoms with van der Waals surface area (Å²) >= 11 is 0. The number of carbonyl (C=O) groups excluding carboxylic acids is 6. The Hall–Kier alpha value is -3.04. The van der Waals surface area contributed by atoms with Crippen LogP contribution in [0.5, 0.6) is 0 Å². The highest BCUT2D eigenvalue weighted by Crippen LogP contribution is 2.18. The molecule has 0 saturated carbocycles. The minimum atomic E-state index is -0.787. The SMILES string of the molecule is O=C1C=CC(=O)C(CCCCNC(=O)NCCC(=O)ON2C(=O)CCC2=O)C1. The Morgan fingerprint density at radius 3 is 2.39 bits per heavy atom. The number of unbranched alkanes of at least 4 members (excludes halogenated alkanes) is 1. The normalized spacial score (nSPS) is 19.1. The maximum atomic E-state index is 11.6. The first kappa shape index (κ1) is 21.3. The number of nitrogens with one attached hydrogen (secondary N) is 2. The summed E-state index contributed by atoms with van der Waals surface area (Å²) in [4.78, 5) is 73.4. The first-order valence-corrected chi connectivity index (χ1v) is 9.20. The van der Waals surface area contributed by atoms with Crippen LogP contribution in [0.15, 0.2) is 12.2 Å². The van der Waals surface area contributed by atoms with E-state index in [0.29, 0.717) is 30.9 Å². The summed E-state index contributed by atoms with van der Waals surface area (Å²) in [5.74, 6) is -2.25. The van der Waals surface area contributed by atoms with Gasteiger partial charge in [-0.15, -0.1) is 5.06 Å². The van der Waals surface area contributed by atoms with Gasteiger partial charge in [-0.3, -0.25) is 19.2 Å². The summed E-state index contributed by atoms with van der Waals surface area (Å²) in [6, 6.07) is -0.465. The van der Waals surface area contributed by atoms with Crippen molar-refractivity contribution < 1.29 is 33.6 Å². The second kappa shape index (κ2) is 10.3. The zero-order valence-electron chi connectivity index (χ0n) is 15.4. The third-order valence-electron chi connectivity index (χ3n) is 4.36. The van der Waals surface area contributed by atoms with Crippen LogP contribution in [0.1, 0.15) is 44.9 Å². The van der Waals surface area contributed by atoms with Gasteiger partial charge in [0.15, 0.2) is 11.6 Å². The van der Waals surface area contributed by atoms with E-state index < -0.39 is 23.8 Å². The van der Waals surface area contributed by atoms with Crippen molar-refractivity contribution in [3.63, 3.8) is 0 Å². The lowest BCUT2D eigenvalue weighted by Crippen LogP contribution is -2.38. The fourth-order valence-corrected chi connectivity index (χ4v) is 2.83. The summed E-state index contributed by atoms with van der Waals surface area (Å²) in [6.45, 7) is 0.379. The van der Waals surface area contributed by atoms with Crippen molar-refractivity contribution in [2.75, 3.05) is 13.1 Å². The number of nitrogens with zero attached hydrogens (tertiary/aromatic N) is 1. The summed E-state index contributed by atoms with van der Waals surface area (Å²) < 4.78 is 0. The van der Waals surface area contributed by atoms with Crippen LogP contribution in [0, 0.1) is 5.92 Å². The number of rotatable bonds is 9. The van der Waals surface area contributed by atoms with E-state index in [1.54, 1.807) is 0 Å². The number of allylic oxidation sites excluding steroid dienone is 2. The molecule has 1 aliphatic heterocycles. The number of ketones is 2. The van der Waals surface area contributed by atoms with Gasteiger partial charge in [-0.2, -0.15) is 0 Å². The largest absolute Gasteiger partial charge is 0.338 e. The van der Waals surface area contributed by atoms with E-state index in [1.165, 1.54) is 12.2 Å². The quantitative estimate of drug-likeness (QED) is 0.420. The lowest BCUT2D eigenvalue weighted by atomic mass is 9.88. The highest BCUT2D eigenvalue weighted by molar-refractivity contribution is 6.05. The molecule has 1 atom stereocenters. The van der Waals surface area contributed by atoms with Gasteiger partial charge < -0.3 is 15.5 Å². The average molecular weight is 393 g/mol. The minimum Gasteiger partial charge on any atom is -0.338 e. The van der Waals surface area contributed by atoms with Crippen molar-refractivity contribution in [3.8, 4) is 0 Å². The van der Waals surface area contributed by atoms with Crippen molar-refractivity contribution in [2.24, 2.45) is 5.92 Å². The minimum absolute atomic E-state index is 0.00803. The number of amides is 4. The smallest absolute Gasteiger partial charge is 0.334 e. The Balaban J connectivity index is 1.51. The molecular weight excluding hydrogens is 370 g/mol. The molecule has 1 saturated heterocycles. The van der Waals surface area contributed by atoms with Crippen LogP contribution in [0.4, 0.5) is 4.79 Å². The molecule has 0 radical (unpaired) electrons. The average Bonchev–Trinajstić information content (AvgIpc) is 2.96. The van der Waals surface area contributed by atoms with E-state index in [2.05, 4.69) is 15.5 Å². The summed E-state index contributed by atoms with van der Waals surface area (Å²) in [5.41, 5.74) is 0. The maximum absolute atomic E-state index is 11.6. The predicted octanol–water partition coefficient (Wildman–Crippen LogP) is 0.168. The molecule has 2 N–H and O–H groups in total. The van der Waals surface area contributed by atoms with E-state index >= 15 is 0 Å². The molecule has 0 bridgehead atoms. The molecule has 0 aromatic heterocycles. The van der Waals surface area contributed by atoms with Crippen LogP contribution in [0.3, 0.4) is 0 Å². The fourth-order valence-electron chi connectivity index (χ4n) is 2.83. The lowest BCUT2D eigenvalue weighted by Gasteiger charge is -2.15. The first-order chi connectivity index (χ1) is 13.4. The molecule has 10 heteroatoms. The van der Waals surface area contributed by atoms with E-state index in [-0.39, 0.29) is 49.7 Å². The number of imide groups is 1. The first-order valence-electron chi connectivity index (χ1n) is 9.20. The van der Waals surface area contributed by atoms with Gasteiger partial charge in [-0.25, -0.2) is 9.59 Å². The van der Waals surface area contributed by atoms with Crippen LogP contribution < -0.4 is 10.6 Å². The molecular formula is C18H23N3O7. The van der Waals surface area contributed by atoms with Crippen LogP contribution in [0.25, 0.3) is 0 Å². The molecule has 1 aliphatic carbocycles. The third-order valence-corrected chi connectivity index (χ3v) is 4.36. The Morgan fingerprint density at radius 1 is 1.00 bits per heavy atom. The van der Waals surface area contributed by atoms with Crippen molar-refractivity contribution in [2.45, 2.75) is 44.9 Å². The van der Waals surface area contributed by atoms with Crippen molar-refractivity contribution in [3.05, 3.63) is 12.2 Å².